The first-order valence-corrected chi connectivity index (χ1v) is 8.08. The third-order valence-electron chi connectivity index (χ3n) is 3.75. The van der Waals surface area contributed by atoms with Crippen LogP contribution in [0.2, 0.25) is 0 Å². The zero-order chi connectivity index (χ0) is 17.5. The number of amides is 2. The normalized spacial score (nSPS) is 18.8. The number of rotatable bonds is 8. The molecule has 2 rings (SSSR count). The molecule has 0 saturated carbocycles. The molecule has 1 aliphatic heterocycles. The average Bonchev–Trinajstić information content (AvgIpc) is 3.16. The first kappa shape index (κ1) is 24.6. The Morgan fingerprint density at radius 2 is 2.12 bits per heavy atom. The molecule has 0 radical (unpaired) electrons. The van der Waals surface area contributed by atoms with Gasteiger partial charge in [0.05, 0.1) is 18.0 Å². The summed E-state index contributed by atoms with van der Waals surface area (Å²) < 4.78 is 7.03. The van der Waals surface area contributed by atoms with Crippen LogP contribution in [0.3, 0.4) is 0 Å². The van der Waals surface area contributed by atoms with Gasteiger partial charge in [-0.1, -0.05) is 0 Å². The first-order chi connectivity index (χ1) is 11.5. The van der Waals surface area contributed by atoms with Crippen LogP contribution in [0.5, 0.6) is 0 Å². The molecule has 1 aromatic heterocycles. The van der Waals surface area contributed by atoms with Crippen molar-refractivity contribution in [2.45, 2.75) is 31.6 Å². The van der Waals surface area contributed by atoms with E-state index in [0.29, 0.717) is 25.2 Å². The molecular weight excluding hydrogens is 383 g/mol. The van der Waals surface area contributed by atoms with Gasteiger partial charge in [0.2, 0.25) is 5.91 Å². The zero-order valence-corrected chi connectivity index (χ0v) is 16.6. The number of carbonyl (C=O) groups excluding carboxylic acids is 2. The predicted octanol–water partition coefficient (Wildman–Crippen LogP) is -0.151. The van der Waals surface area contributed by atoms with Crippen LogP contribution in [0, 0.1) is 0 Å². The highest BCUT2D eigenvalue weighted by Gasteiger charge is 2.30. The molecule has 0 bridgehead atoms. The third kappa shape index (κ3) is 7.88. The van der Waals surface area contributed by atoms with E-state index in [-0.39, 0.29) is 49.3 Å². The second-order valence-electron chi connectivity index (χ2n) is 6.13. The van der Waals surface area contributed by atoms with Gasteiger partial charge in [-0.05, 0) is 26.9 Å². The number of nitrogens with two attached hydrogens (primary N) is 1. The fourth-order valence-corrected chi connectivity index (χ4v) is 2.43. The third-order valence-corrected chi connectivity index (χ3v) is 3.75. The van der Waals surface area contributed by atoms with E-state index >= 15 is 0 Å². The van der Waals surface area contributed by atoms with E-state index in [4.69, 9.17) is 10.5 Å². The predicted molar refractivity (Wildman–Crippen MR) is 104 cm³/mol. The van der Waals surface area contributed by atoms with Crippen LogP contribution < -0.4 is 16.4 Å². The van der Waals surface area contributed by atoms with Gasteiger partial charge in [0.15, 0.2) is 0 Å². The molecule has 11 heteroatoms. The largest absolute Gasteiger partial charge is 0.364 e. The van der Waals surface area contributed by atoms with Crippen molar-refractivity contribution >= 4 is 42.3 Å². The maximum Gasteiger partial charge on any atom is 0.253 e. The highest BCUT2D eigenvalue weighted by Crippen LogP contribution is 2.20. The van der Waals surface area contributed by atoms with Gasteiger partial charge in [0.1, 0.15) is 12.6 Å². The monoisotopic (exact) mass is 410 g/mol. The number of halogens is 2. The van der Waals surface area contributed by atoms with Gasteiger partial charge in [-0.3, -0.25) is 14.3 Å². The SMILES string of the molecule is CN(C)CCNC(=O)Cn1cc(NC(=O)[C@@H]2CC[C@H](CN)O2)cn1.Cl.Cl. The molecule has 1 aromatic rings. The van der Waals surface area contributed by atoms with E-state index in [1.807, 2.05) is 19.0 Å². The minimum atomic E-state index is -0.476. The van der Waals surface area contributed by atoms with Crippen molar-refractivity contribution in [1.82, 2.24) is 20.0 Å². The molecule has 26 heavy (non-hydrogen) atoms. The number of ether oxygens (including phenoxy) is 1. The van der Waals surface area contributed by atoms with Crippen molar-refractivity contribution in [3.05, 3.63) is 12.4 Å². The van der Waals surface area contributed by atoms with Gasteiger partial charge in [0, 0.05) is 25.8 Å². The molecule has 4 N–H and O–H groups in total. The second-order valence-corrected chi connectivity index (χ2v) is 6.13. The lowest BCUT2D eigenvalue weighted by Gasteiger charge is -2.11. The van der Waals surface area contributed by atoms with E-state index in [9.17, 15) is 9.59 Å². The Hall–Kier alpha value is -1.39. The molecule has 1 fully saturated rings. The molecule has 0 spiro atoms. The second kappa shape index (κ2) is 12.1. The van der Waals surface area contributed by atoms with Crippen molar-refractivity contribution in [3.8, 4) is 0 Å². The van der Waals surface area contributed by atoms with E-state index in [1.54, 1.807) is 6.20 Å². The fourth-order valence-electron chi connectivity index (χ4n) is 2.43. The number of likely N-dealkylation sites (N-methyl/N-ethyl adjacent to an activating group) is 1. The number of nitrogens with zero attached hydrogens (tertiary/aromatic N) is 3. The van der Waals surface area contributed by atoms with Gasteiger partial charge in [0.25, 0.3) is 5.91 Å². The highest BCUT2D eigenvalue weighted by atomic mass is 35.5. The van der Waals surface area contributed by atoms with Crippen LogP contribution in [0.25, 0.3) is 0 Å². The zero-order valence-electron chi connectivity index (χ0n) is 15.0. The molecule has 0 unspecified atom stereocenters. The number of aromatic nitrogens is 2. The lowest BCUT2D eigenvalue weighted by Crippen LogP contribution is -2.33. The molecule has 9 nitrogen and oxygen atoms in total. The van der Waals surface area contributed by atoms with Gasteiger partial charge >= 0.3 is 0 Å². The van der Waals surface area contributed by atoms with E-state index in [1.165, 1.54) is 10.9 Å². The molecule has 0 aliphatic carbocycles. The molecule has 2 heterocycles. The van der Waals surface area contributed by atoms with Crippen molar-refractivity contribution < 1.29 is 14.3 Å². The van der Waals surface area contributed by atoms with Crippen LogP contribution in [-0.4, -0.2) is 72.4 Å². The maximum absolute atomic E-state index is 12.1. The summed E-state index contributed by atoms with van der Waals surface area (Å²) in [4.78, 5) is 25.9. The van der Waals surface area contributed by atoms with Crippen LogP contribution in [0.1, 0.15) is 12.8 Å². The van der Waals surface area contributed by atoms with E-state index in [2.05, 4.69) is 15.7 Å². The minimum absolute atomic E-state index is 0. The van der Waals surface area contributed by atoms with Gasteiger partial charge in [-0.2, -0.15) is 5.10 Å². The number of nitrogens with one attached hydrogen (secondary N) is 2. The number of carbonyl (C=O) groups is 2. The minimum Gasteiger partial charge on any atom is -0.364 e. The Balaban J connectivity index is 0.00000312. The lowest BCUT2D eigenvalue weighted by molar-refractivity contribution is -0.126. The van der Waals surface area contributed by atoms with Gasteiger partial charge in [-0.15, -0.1) is 24.8 Å². The van der Waals surface area contributed by atoms with Crippen molar-refractivity contribution in [3.63, 3.8) is 0 Å². The molecule has 150 valence electrons. The molecule has 2 atom stereocenters. The topological polar surface area (TPSA) is 115 Å². The van der Waals surface area contributed by atoms with Crippen molar-refractivity contribution in [2.75, 3.05) is 39.0 Å². The van der Waals surface area contributed by atoms with Gasteiger partial charge in [-0.25, -0.2) is 0 Å². The van der Waals surface area contributed by atoms with Gasteiger partial charge < -0.3 is 26.0 Å². The van der Waals surface area contributed by atoms with Crippen molar-refractivity contribution in [2.24, 2.45) is 5.73 Å². The lowest BCUT2D eigenvalue weighted by atomic mass is 10.2. The molecule has 2 amide bonds. The molecule has 1 aliphatic rings. The summed E-state index contributed by atoms with van der Waals surface area (Å²) in [6.07, 6.45) is 4.07. The first-order valence-electron chi connectivity index (χ1n) is 8.08. The Morgan fingerprint density at radius 1 is 1.38 bits per heavy atom. The van der Waals surface area contributed by atoms with Crippen LogP contribution >= 0.6 is 24.8 Å². The summed E-state index contributed by atoms with van der Waals surface area (Å²) in [6, 6.07) is 0. The smallest absolute Gasteiger partial charge is 0.253 e. The standard InChI is InChI=1S/C15H26N6O3.2ClH/c1-20(2)6-5-17-14(22)10-21-9-11(8-18-21)19-15(23)13-4-3-12(7-16)24-13;;/h8-9,12-13H,3-7,10,16H2,1-2H3,(H,17,22)(H,19,23);2*1H/t12-,13+;;/m1../s1. The summed E-state index contributed by atoms with van der Waals surface area (Å²) in [5, 5.41) is 9.64. The Labute approximate surface area is 165 Å². The molecular formula is C15H28Cl2N6O3. The number of hydrogen-bond acceptors (Lipinski definition) is 6. The van der Waals surface area contributed by atoms with Crippen LogP contribution in [0.4, 0.5) is 5.69 Å². The Kier molecular flexibility index (Phi) is 11.4. The summed E-state index contributed by atoms with van der Waals surface area (Å²) in [7, 11) is 3.89. The highest BCUT2D eigenvalue weighted by molar-refractivity contribution is 5.94. The number of anilines is 1. The van der Waals surface area contributed by atoms with Crippen molar-refractivity contribution in [1.29, 1.82) is 0 Å². The van der Waals surface area contributed by atoms with Crippen LogP contribution in [-0.2, 0) is 20.9 Å². The Bertz CT molecular complexity index is 569. The molecule has 1 saturated heterocycles. The average molecular weight is 411 g/mol. The van der Waals surface area contributed by atoms with E-state index < -0.39 is 6.10 Å². The van der Waals surface area contributed by atoms with E-state index in [0.717, 1.165) is 13.0 Å². The summed E-state index contributed by atoms with van der Waals surface area (Å²) in [5.74, 6) is -0.330. The Morgan fingerprint density at radius 3 is 2.73 bits per heavy atom. The summed E-state index contributed by atoms with van der Waals surface area (Å²) >= 11 is 0. The summed E-state index contributed by atoms with van der Waals surface area (Å²) in [5.41, 5.74) is 6.08. The molecule has 0 aromatic carbocycles. The quantitative estimate of drug-likeness (QED) is 0.548. The van der Waals surface area contributed by atoms with Crippen LogP contribution in [0.15, 0.2) is 12.4 Å². The maximum atomic E-state index is 12.1. The number of hydrogen-bond donors (Lipinski definition) is 3. The fraction of sp³-hybridized carbons (Fsp3) is 0.667. The summed E-state index contributed by atoms with van der Waals surface area (Å²) in [6.45, 7) is 1.89.